The van der Waals surface area contributed by atoms with Crippen LogP contribution in [0.5, 0.6) is 0 Å². The van der Waals surface area contributed by atoms with Crippen molar-refractivity contribution in [2.45, 2.75) is 46.1 Å². The van der Waals surface area contributed by atoms with Gasteiger partial charge in [0.25, 0.3) is 10.2 Å². The van der Waals surface area contributed by atoms with Gasteiger partial charge in [-0.1, -0.05) is 27.2 Å². The number of hydrogen-bond donors (Lipinski definition) is 2. The standard InChI is InChI=1S/C12H27N3O2S/c1-4-5-12(7-13)14-18(16,17)15-8-10(2)6-11(3)9-15/h10-12,14H,4-9,13H2,1-3H3. The molecule has 1 aliphatic heterocycles. The number of nitrogens with zero attached hydrogens (tertiary/aromatic N) is 1. The summed E-state index contributed by atoms with van der Waals surface area (Å²) in [5.74, 6) is 0.848. The number of nitrogens with two attached hydrogens (primary N) is 1. The Labute approximate surface area is 111 Å². The number of nitrogens with one attached hydrogen (secondary N) is 1. The van der Waals surface area contributed by atoms with Gasteiger partial charge in [0.1, 0.15) is 0 Å². The molecule has 1 rings (SSSR count). The van der Waals surface area contributed by atoms with Gasteiger partial charge in [0.2, 0.25) is 0 Å². The Kier molecular flexibility index (Phi) is 6.04. The monoisotopic (exact) mass is 277 g/mol. The second-order valence-electron chi connectivity index (χ2n) is 5.61. The van der Waals surface area contributed by atoms with Crippen LogP contribution >= 0.6 is 0 Å². The molecular weight excluding hydrogens is 250 g/mol. The molecule has 3 unspecified atom stereocenters. The van der Waals surface area contributed by atoms with Crippen LogP contribution in [0, 0.1) is 11.8 Å². The number of rotatable bonds is 6. The van der Waals surface area contributed by atoms with Crippen molar-refractivity contribution in [3.05, 3.63) is 0 Å². The van der Waals surface area contributed by atoms with Gasteiger partial charge >= 0.3 is 0 Å². The summed E-state index contributed by atoms with van der Waals surface area (Å²) < 4.78 is 28.9. The smallest absolute Gasteiger partial charge is 0.279 e. The van der Waals surface area contributed by atoms with Gasteiger partial charge in [0.15, 0.2) is 0 Å². The Morgan fingerprint density at radius 1 is 1.33 bits per heavy atom. The minimum Gasteiger partial charge on any atom is -0.329 e. The van der Waals surface area contributed by atoms with E-state index >= 15 is 0 Å². The van der Waals surface area contributed by atoms with Gasteiger partial charge in [-0.05, 0) is 24.7 Å². The minimum absolute atomic E-state index is 0.146. The van der Waals surface area contributed by atoms with Crippen LogP contribution in [0.4, 0.5) is 0 Å². The van der Waals surface area contributed by atoms with E-state index in [9.17, 15) is 8.42 Å². The molecule has 0 radical (unpaired) electrons. The highest BCUT2D eigenvalue weighted by Gasteiger charge is 2.31. The van der Waals surface area contributed by atoms with Crippen LogP contribution in [0.25, 0.3) is 0 Å². The van der Waals surface area contributed by atoms with Gasteiger partial charge in [-0.3, -0.25) is 0 Å². The molecule has 0 aromatic rings. The molecular formula is C12H27N3O2S. The van der Waals surface area contributed by atoms with E-state index in [1.165, 1.54) is 0 Å². The minimum atomic E-state index is -3.38. The third-order valence-electron chi connectivity index (χ3n) is 3.41. The third-order valence-corrected chi connectivity index (χ3v) is 5.02. The predicted octanol–water partition coefficient (Wildman–Crippen LogP) is 0.926. The molecule has 3 atom stereocenters. The molecule has 0 amide bonds. The normalized spacial score (nSPS) is 28.2. The van der Waals surface area contributed by atoms with E-state index in [1.54, 1.807) is 4.31 Å². The van der Waals surface area contributed by atoms with E-state index in [0.29, 0.717) is 31.5 Å². The van der Waals surface area contributed by atoms with E-state index in [4.69, 9.17) is 5.73 Å². The van der Waals surface area contributed by atoms with Crippen molar-refractivity contribution >= 4 is 10.2 Å². The zero-order chi connectivity index (χ0) is 13.8. The van der Waals surface area contributed by atoms with Crippen LogP contribution in [-0.4, -0.2) is 38.4 Å². The van der Waals surface area contributed by atoms with Crippen LogP contribution in [-0.2, 0) is 10.2 Å². The molecule has 0 aromatic carbocycles. The Morgan fingerprint density at radius 3 is 2.33 bits per heavy atom. The second kappa shape index (κ2) is 6.84. The molecule has 0 bridgehead atoms. The van der Waals surface area contributed by atoms with E-state index in [2.05, 4.69) is 18.6 Å². The second-order valence-corrected chi connectivity index (χ2v) is 7.31. The largest absolute Gasteiger partial charge is 0.329 e. The highest BCUT2D eigenvalue weighted by molar-refractivity contribution is 7.87. The van der Waals surface area contributed by atoms with Gasteiger partial charge < -0.3 is 5.73 Å². The first-order valence-corrected chi connectivity index (χ1v) is 8.30. The van der Waals surface area contributed by atoms with Crippen LogP contribution in [0.2, 0.25) is 0 Å². The number of hydrogen-bond acceptors (Lipinski definition) is 3. The highest BCUT2D eigenvalue weighted by Crippen LogP contribution is 2.22. The fourth-order valence-corrected chi connectivity index (χ4v) is 4.35. The van der Waals surface area contributed by atoms with Crippen molar-refractivity contribution in [3.8, 4) is 0 Å². The lowest BCUT2D eigenvalue weighted by Crippen LogP contribution is -2.51. The van der Waals surface area contributed by atoms with E-state index < -0.39 is 10.2 Å². The topological polar surface area (TPSA) is 75.4 Å². The van der Waals surface area contributed by atoms with Gasteiger partial charge in [-0.15, -0.1) is 0 Å². The maximum Gasteiger partial charge on any atom is 0.279 e. The zero-order valence-electron chi connectivity index (χ0n) is 11.7. The average Bonchev–Trinajstić information content (AvgIpc) is 2.27. The van der Waals surface area contributed by atoms with Crippen LogP contribution in [0.1, 0.15) is 40.0 Å². The summed E-state index contributed by atoms with van der Waals surface area (Å²) in [6.45, 7) is 7.81. The maximum atomic E-state index is 12.3. The first-order chi connectivity index (χ1) is 8.39. The molecule has 0 saturated carbocycles. The van der Waals surface area contributed by atoms with Crippen LogP contribution < -0.4 is 10.5 Å². The van der Waals surface area contributed by atoms with Crippen LogP contribution in [0.3, 0.4) is 0 Å². The fourth-order valence-electron chi connectivity index (χ4n) is 2.66. The van der Waals surface area contributed by atoms with E-state index in [1.807, 2.05) is 6.92 Å². The molecule has 0 aliphatic carbocycles. The Hall–Kier alpha value is -0.170. The molecule has 1 aliphatic rings. The van der Waals surface area contributed by atoms with E-state index in [-0.39, 0.29) is 6.04 Å². The lowest BCUT2D eigenvalue weighted by molar-refractivity contribution is 0.219. The maximum absolute atomic E-state index is 12.3. The quantitative estimate of drug-likeness (QED) is 0.758. The van der Waals surface area contributed by atoms with Crippen molar-refractivity contribution in [3.63, 3.8) is 0 Å². The summed E-state index contributed by atoms with van der Waals surface area (Å²) in [5.41, 5.74) is 5.60. The molecule has 1 fully saturated rings. The summed E-state index contributed by atoms with van der Waals surface area (Å²) in [6, 6.07) is -0.146. The Morgan fingerprint density at radius 2 is 1.89 bits per heavy atom. The molecule has 1 heterocycles. The highest BCUT2D eigenvalue weighted by atomic mass is 32.2. The lowest BCUT2D eigenvalue weighted by atomic mass is 9.94. The zero-order valence-corrected chi connectivity index (χ0v) is 12.5. The van der Waals surface area contributed by atoms with Gasteiger partial charge in [0.05, 0.1) is 0 Å². The van der Waals surface area contributed by atoms with Crippen molar-refractivity contribution < 1.29 is 8.42 Å². The summed E-state index contributed by atoms with van der Waals surface area (Å²) in [5, 5.41) is 0. The SMILES string of the molecule is CCCC(CN)NS(=O)(=O)N1CC(C)CC(C)C1. The first kappa shape index (κ1) is 15.9. The molecule has 6 heteroatoms. The number of piperidine rings is 1. The summed E-state index contributed by atoms with van der Waals surface area (Å²) in [6.07, 6.45) is 2.81. The van der Waals surface area contributed by atoms with Gasteiger partial charge in [0, 0.05) is 25.7 Å². The third kappa shape index (κ3) is 4.50. The molecule has 0 spiro atoms. The van der Waals surface area contributed by atoms with Crippen molar-refractivity contribution in [1.82, 2.24) is 9.03 Å². The lowest BCUT2D eigenvalue weighted by Gasteiger charge is -2.34. The average molecular weight is 277 g/mol. The van der Waals surface area contributed by atoms with Gasteiger partial charge in [-0.25, -0.2) is 0 Å². The molecule has 3 N–H and O–H groups in total. The molecule has 18 heavy (non-hydrogen) atoms. The van der Waals surface area contributed by atoms with E-state index in [0.717, 1.165) is 19.3 Å². The van der Waals surface area contributed by atoms with Crippen molar-refractivity contribution in [2.24, 2.45) is 17.6 Å². The molecule has 5 nitrogen and oxygen atoms in total. The first-order valence-electron chi connectivity index (χ1n) is 6.86. The summed E-state index contributed by atoms with van der Waals surface area (Å²) in [7, 11) is -3.38. The predicted molar refractivity (Wildman–Crippen MR) is 74.3 cm³/mol. The molecule has 1 saturated heterocycles. The molecule has 0 aromatic heterocycles. The Balaban J connectivity index is 2.67. The van der Waals surface area contributed by atoms with Crippen molar-refractivity contribution in [1.29, 1.82) is 0 Å². The Bertz CT molecular complexity index is 335. The summed E-state index contributed by atoms with van der Waals surface area (Å²) in [4.78, 5) is 0. The summed E-state index contributed by atoms with van der Waals surface area (Å²) >= 11 is 0. The fraction of sp³-hybridized carbons (Fsp3) is 1.00. The van der Waals surface area contributed by atoms with Crippen molar-refractivity contribution in [2.75, 3.05) is 19.6 Å². The van der Waals surface area contributed by atoms with Crippen LogP contribution in [0.15, 0.2) is 0 Å². The van der Waals surface area contributed by atoms with Gasteiger partial charge in [-0.2, -0.15) is 17.4 Å². The molecule has 108 valence electrons.